The highest BCUT2D eigenvalue weighted by Gasteiger charge is 2.12. The maximum Gasteiger partial charge on any atom is 0.268 e. The maximum atomic E-state index is 12.1. The van der Waals surface area contributed by atoms with Crippen LogP contribution < -0.4 is 15.8 Å². The number of likely N-dealkylation sites (N-methyl/N-ethyl adjacent to an activating group) is 1. The fraction of sp³-hybridized carbons (Fsp3) is 0.375. The molecule has 0 spiro atoms. The Kier molecular flexibility index (Phi) is 4.75. The Bertz CT molecular complexity index is 663. The Morgan fingerprint density at radius 2 is 2.10 bits per heavy atom. The summed E-state index contributed by atoms with van der Waals surface area (Å²) in [7, 11) is 5.68. The van der Waals surface area contributed by atoms with Gasteiger partial charge in [0.1, 0.15) is 0 Å². The van der Waals surface area contributed by atoms with Crippen LogP contribution in [0.25, 0.3) is 0 Å². The summed E-state index contributed by atoms with van der Waals surface area (Å²) in [5.74, 6) is 0. The molecule has 0 saturated heterocycles. The van der Waals surface area contributed by atoms with Crippen LogP contribution in [0.1, 0.15) is 17.2 Å². The van der Waals surface area contributed by atoms with E-state index in [2.05, 4.69) is 35.5 Å². The first-order valence-corrected chi connectivity index (χ1v) is 6.99. The van der Waals surface area contributed by atoms with Crippen molar-refractivity contribution in [1.29, 1.82) is 0 Å². The lowest BCUT2D eigenvalue weighted by atomic mass is 10.0. The van der Waals surface area contributed by atoms with Gasteiger partial charge >= 0.3 is 0 Å². The Labute approximate surface area is 125 Å². The summed E-state index contributed by atoms with van der Waals surface area (Å²) >= 11 is 0. The second-order valence-corrected chi connectivity index (χ2v) is 5.38. The molecular weight excluding hydrogens is 264 g/mol. The van der Waals surface area contributed by atoms with E-state index in [1.54, 1.807) is 12.3 Å². The predicted molar refractivity (Wildman–Crippen MR) is 85.8 cm³/mol. The molecule has 0 amide bonds. The van der Waals surface area contributed by atoms with Crippen molar-refractivity contribution in [3.63, 3.8) is 0 Å². The number of nitrogens with one attached hydrogen (secondary N) is 1. The summed E-state index contributed by atoms with van der Waals surface area (Å²) in [4.78, 5) is 14.0. The highest BCUT2D eigenvalue weighted by Crippen LogP contribution is 2.15. The second kappa shape index (κ2) is 6.54. The molecule has 0 bridgehead atoms. The first-order chi connectivity index (χ1) is 10.0. The van der Waals surface area contributed by atoms with Crippen molar-refractivity contribution in [1.82, 2.24) is 15.1 Å². The number of hydrogen-bond acceptors (Lipinski definition) is 4. The van der Waals surface area contributed by atoms with Gasteiger partial charge < -0.3 is 10.2 Å². The fourth-order valence-corrected chi connectivity index (χ4v) is 2.23. The number of aryl methyl sites for hydroxylation is 1. The highest BCUT2D eigenvalue weighted by molar-refractivity contribution is 5.40. The number of aromatic nitrogens is 2. The monoisotopic (exact) mass is 286 g/mol. The van der Waals surface area contributed by atoms with Gasteiger partial charge in [0.2, 0.25) is 0 Å². The molecule has 0 aliphatic heterocycles. The molecule has 1 atom stereocenters. The molecule has 0 saturated carbocycles. The summed E-state index contributed by atoms with van der Waals surface area (Å²) in [5.41, 5.74) is 3.08. The molecular formula is C16H22N4O. The lowest BCUT2D eigenvalue weighted by Crippen LogP contribution is -2.30. The topological polar surface area (TPSA) is 50.2 Å². The Hall–Kier alpha value is -2.14. The molecule has 1 aromatic carbocycles. The standard InChI is InChI=1S/C16H22N4O/c1-12-6-5-7-13(8-12)15(17-2)11-20-16(21)9-14(10-18-20)19(3)4/h5-10,15,17H,11H2,1-4H3. The molecule has 2 rings (SSSR count). The third-order valence-corrected chi connectivity index (χ3v) is 3.52. The van der Waals surface area contributed by atoms with Crippen molar-refractivity contribution in [2.45, 2.75) is 19.5 Å². The van der Waals surface area contributed by atoms with E-state index in [1.165, 1.54) is 10.2 Å². The van der Waals surface area contributed by atoms with Crippen molar-refractivity contribution in [2.24, 2.45) is 0 Å². The van der Waals surface area contributed by atoms with Gasteiger partial charge in [-0.1, -0.05) is 29.8 Å². The zero-order valence-corrected chi connectivity index (χ0v) is 13.0. The Morgan fingerprint density at radius 1 is 1.33 bits per heavy atom. The number of nitrogens with zero attached hydrogens (tertiary/aromatic N) is 3. The summed E-state index contributed by atoms with van der Waals surface area (Å²) in [6.07, 6.45) is 1.71. The number of benzene rings is 1. The van der Waals surface area contributed by atoms with E-state index >= 15 is 0 Å². The van der Waals surface area contributed by atoms with Crippen molar-refractivity contribution < 1.29 is 0 Å². The maximum absolute atomic E-state index is 12.1. The first kappa shape index (κ1) is 15.3. The van der Waals surface area contributed by atoms with E-state index < -0.39 is 0 Å². The predicted octanol–water partition coefficient (Wildman–Crippen LogP) is 1.58. The molecule has 2 aromatic rings. The normalized spacial score (nSPS) is 12.2. The van der Waals surface area contributed by atoms with Gasteiger partial charge in [-0.05, 0) is 19.5 Å². The number of rotatable bonds is 5. The van der Waals surface area contributed by atoms with E-state index in [0.717, 1.165) is 11.3 Å². The van der Waals surface area contributed by atoms with Crippen molar-refractivity contribution in [3.05, 3.63) is 58.0 Å². The van der Waals surface area contributed by atoms with E-state index in [9.17, 15) is 4.79 Å². The molecule has 1 N–H and O–H groups in total. The zero-order chi connectivity index (χ0) is 15.4. The molecule has 0 fully saturated rings. The van der Waals surface area contributed by atoms with Crippen LogP contribution >= 0.6 is 0 Å². The molecule has 112 valence electrons. The quantitative estimate of drug-likeness (QED) is 0.906. The average Bonchev–Trinajstić information content (AvgIpc) is 2.45. The summed E-state index contributed by atoms with van der Waals surface area (Å²) < 4.78 is 1.50. The van der Waals surface area contributed by atoms with Crippen LogP contribution in [0.15, 0.2) is 41.3 Å². The first-order valence-electron chi connectivity index (χ1n) is 6.99. The molecule has 21 heavy (non-hydrogen) atoms. The van der Waals surface area contributed by atoms with Gasteiger partial charge in [-0.15, -0.1) is 0 Å². The van der Waals surface area contributed by atoms with E-state index in [-0.39, 0.29) is 11.6 Å². The van der Waals surface area contributed by atoms with Crippen LogP contribution in [0.3, 0.4) is 0 Å². The Balaban J connectivity index is 2.25. The lowest BCUT2D eigenvalue weighted by molar-refractivity contribution is 0.452. The summed E-state index contributed by atoms with van der Waals surface area (Å²) in [5, 5.41) is 7.51. The van der Waals surface area contributed by atoms with Crippen LogP contribution in [0.2, 0.25) is 0 Å². The van der Waals surface area contributed by atoms with Crippen LogP contribution in [-0.4, -0.2) is 30.9 Å². The minimum absolute atomic E-state index is 0.0558. The smallest absolute Gasteiger partial charge is 0.268 e. The van der Waals surface area contributed by atoms with Gasteiger partial charge in [0.15, 0.2) is 0 Å². The molecule has 1 heterocycles. The van der Waals surface area contributed by atoms with Crippen LogP contribution in [0, 0.1) is 6.92 Å². The summed E-state index contributed by atoms with van der Waals surface area (Å²) in [6, 6.07) is 9.94. The fourth-order valence-electron chi connectivity index (χ4n) is 2.23. The summed E-state index contributed by atoms with van der Waals surface area (Å²) in [6.45, 7) is 2.57. The average molecular weight is 286 g/mol. The van der Waals surface area contributed by atoms with Gasteiger partial charge in [0, 0.05) is 20.2 Å². The Morgan fingerprint density at radius 3 is 2.67 bits per heavy atom. The molecule has 0 aliphatic rings. The van der Waals surface area contributed by atoms with Gasteiger partial charge in [-0.2, -0.15) is 5.10 Å². The SMILES string of the molecule is CNC(Cn1ncc(N(C)C)cc1=O)c1cccc(C)c1. The lowest BCUT2D eigenvalue weighted by Gasteiger charge is -2.18. The van der Waals surface area contributed by atoms with E-state index in [4.69, 9.17) is 0 Å². The highest BCUT2D eigenvalue weighted by atomic mass is 16.1. The molecule has 1 unspecified atom stereocenters. The number of hydrogen-bond donors (Lipinski definition) is 1. The van der Waals surface area contributed by atoms with Crippen LogP contribution in [-0.2, 0) is 6.54 Å². The third-order valence-electron chi connectivity index (χ3n) is 3.52. The van der Waals surface area contributed by atoms with Crippen molar-refractivity contribution in [2.75, 3.05) is 26.0 Å². The molecule has 1 aromatic heterocycles. The van der Waals surface area contributed by atoms with Crippen molar-refractivity contribution >= 4 is 5.69 Å². The van der Waals surface area contributed by atoms with Gasteiger partial charge in [-0.25, -0.2) is 4.68 Å². The third kappa shape index (κ3) is 3.70. The zero-order valence-electron chi connectivity index (χ0n) is 13.0. The van der Waals surface area contributed by atoms with E-state index in [0.29, 0.717) is 6.54 Å². The second-order valence-electron chi connectivity index (χ2n) is 5.38. The molecule has 0 radical (unpaired) electrons. The van der Waals surface area contributed by atoms with Gasteiger partial charge in [0.05, 0.1) is 24.5 Å². The van der Waals surface area contributed by atoms with E-state index in [1.807, 2.05) is 32.1 Å². The molecule has 5 nitrogen and oxygen atoms in total. The van der Waals surface area contributed by atoms with Crippen LogP contribution in [0.4, 0.5) is 5.69 Å². The molecule has 5 heteroatoms. The minimum Gasteiger partial charge on any atom is -0.376 e. The van der Waals surface area contributed by atoms with Gasteiger partial charge in [-0.3, -0.25) is 4.79 Å². The van der Waals surface area contributed by atoms with Gasteiger partial charge in [0.25, 0.3) is 5.56 Å². The minimum atomic E-state index is -0.0888. The van der Waals surface area contributed by atoms with Crippen molar-refractivity contribution in [3.8, 4) is 0 Å². The largest absolute Gasteiger partial charge is 0.376 e. The number of anilines is 1. The van der Waals surface area contributed by atoms with Crippen LogP contribution in [0.5, 0.6) is 0 Å². The molecule has 0 aliphatic carbocycles.